The number of nitrogens with zero attached hydrogens (tertiary/aromatic N) is 2. The highest BCUT2D eigenvalue weighted by Gasteiger charge is 2.21. The molecule has 116 valence electrons. The average molecular weight is 321 g/mol. The monoisotopic (exact) mass is 321 g/mol. The van der Waals surface area contributed by atoms with Gasteiger partial charge < -0.3 is 10.1 Å². The Hall–Kier alpha value is -2.48. The number of esters is 1. The molecule has 1 aromatic heterocycles. The molecule has 22 heavy (non-hydrogen) atoms. The minimum atomic E-state index is -0.731. The van der Waals surface area contributed by atoms with Crippen molar-refractivity contribution in [1.29, 1.82) is 0 Å². The number of hydrogen-bond donors (Lipinski definition) is 1. The summed E-state index contributed by atoms with van der Waals surface area (Å²) in [7, 11) is 1.19. The molecule has 7 nitrogen and oxygen atoms in total. The van der Waals surface area contributed by atoms with E-state index in [1.807, 2.05) is 13.1 Å². The molecule has 0 radical (unpaired) electrons. The number of ether oxygens (including phenoxy) is 1. The van der Waals surface area contributed by atoms with E-state index in [1.54, 1.807) is 17.4 Å². The number of aromatic nitrogens is 1. The summed E-state index contributed by atoms with van der Waals surface area (Å²) in [5.41, 5.74) is 0.287. The van der Waals surface area contributed by atoms with Crippen LogP contribution in [0, 0.1) is 17.0 Å². The first kappa shape index (κ1) is 15.9. The quantitative estimate of drug-likeness (QED) is 0.499. The molecule has 0 saturated carbocycles. The highest BCUT2D eigenvalue weighted by Crippen LogP contribution is 2.23. The van der Waals surface area contributed by atoms with Crippen LogP contribution in [0.25, 0.3) is 0 Å². The lowest BCUT2D eigenvalue weighted by atomic mass is 10.1. The molecule has 2 aromatic rings. The largest absolute Gasteiger partial charge is 0.465 e. The van der Waals surface area contributed by atoms with Gasteiger partial charge in [0.25, 0.3) is 5.69 Å². The van der Waals surface area contributed by atoms with E-state index >= 15 is 0 Å². The number of thiazole rings is 1. The molecular weight excluding hydrogens is 306 g/mol. The number of benzene rings is 1. The van der Waals surface area contributed by atoms with Crippen molar-refractivity contribution in [3.8, 4) is 0 Å². The Labute approximate surface area is 131 Å². The highest BCUT2D eigenvalue weighted by atomic mass is 32.1. The summed E-state index contributed by atoms with van der Waals surface area (Å²) in [6.45, 7) is 2.61. The number of rotatable bonds is 6. The number of nitro benzene ring substituents is 1. The van der Waals surface area contributed by atoms with Crippen LogP contribution >= 0.6 is 11.3 Å². The van der Waals surface area contributed by atoms with E-state index in [0.29, 0.717) is 12.2 Å². The molecule has 0 bridgehead atoms. The third-order valence-corrected chi connectivity index (χ3v) is 3.91. The Bertz CT molecular complexity index is 699. The zero-order valence-corrected chi connectivity index (χ0v) is 13.0. The molecule has 8 heteroatoms. The van der Waals surface area contributed by atoms with Crippen molar-refractivity contribution in [1.82, 2.24) is 4.98 Å². The van der Waals surface area contributed by atoms with Gasteiger partial charge >= 0.3 is 5.97 Å². The van der Waals surface area contributed by atoms with Crippen molar-refractivity contribution in [3.05, 3.63) is 50.0 Å². The molecule has 0 aliphatic carbocycles. The van der Waals surface area contributed by atoms with Crippen LogP contribution in [0.15, 0.2) is 24.4 Å². The molecule has 0 unspecified atom stereocenters. The van der Waals surface area contributed by atoms with Crippen molar-refractivity contribution < 1.29 is 14.5 Å². The van der Waals surface area contributed by atoms with Crippen LogP contribution in [0.1, 0.15) is 20.2 Å². The van der Waals surface area contributed by atoms with Crippen LogP contribution in [0.2, 0.25) is 0 Å². The summed E-state index contributed by atoms with van der Waals surface area (Å²) < 4.78 is 4.58. The molecule has 0 aliphatic rings. The first-order valence-corrected chi connectivity index (χ1v) is 7.35. The van der Waals surface area contributed by atoms with Crippen LogP contribution in [0.4, 0.5) is 11.4 Å². The molecule has 0 spiro atoms. The van der Waals surface area contributed by atoms with Crippen LogP contribution in [0.5, 0.6) is 0 Å². The van der Waals surface area contributed by atoms with Crippen LogP contribution in [-0.4, -0.2) is 29.5 Å². The Morgan fingerprint density at radius 1 is 1.50 bits per heavy atom. The summed E-state index contributed by atoms with van der Waals surface area (Å²) in [5, 5.41) is 15.1. The van der Waals surface area contributed by atoms with Gasteiger partial charge in [0, 0.05) is 35.8 Å². The predicted octanol–water partition coefficient (Wildman–Crippen LogP) is 2.80. The normalized spacial score (nSPS) is 10.3. The second-order valence-electron chi connectivity index (χ2n) is 4.52. The van der Waals surface area contributed by atoms with E-state index in [1.165, 1.54) is 19.2 Å². The fourth-order valence-corrected chi connectivity index (χ4v) is 2.70. The number of methoxy groups -OCH3 is 1. The summed E-state index contributed by atoms with van der Waals surface area (Å²) >= 11 is 1.63. The Balaban J connectivity index is 2.08. The summed E-state index contributed by atoms with van der Waals surface area (Å²) in [6, 6.07) is 4.29. The molecule has 1 N–H and O–H groups in total. The third-order valence-electron chi connectivity index (χ3n) is 2.94. The maximum absolute atomic E-state index is 11.6. The van der Waals surface area contributed by atoms with E-state index in [0.717, 1.165) is 16.3 Å². The van der Waals surface area contributed by atoms with E-state index in [2.05, 4.69) is 15.0 Å². The van der Waals surface area contributed by atoms with Crippen molar-refractivity contribution in [2.24, 2.45) is 0 Å². The Kier molecular flexibility index (Phi) is 5.05. The zero-order valence-electron chi connectivity index (χ0n) is 12.2. The van der Waals surface area contributed by atoms with Gasteiger partial charge in [0.05, 0.1) is 17.0 Å². The first-order valence-electron chi connectivity index (χ1n) is 6.53. The number of carbonyl (C=O) groups is 1. The lowest BCUT2D eigenvalue weighted by Crippen LogP contribution is -2.09. The summed E-state index contributed by atoms with van der Waals surface area (Å²) in [4.78, 5) is 27.4. The van der Waals surface area contributed by atoms with Gasteiger partial charge in [0.2, 0.25) is 0 Å². The average Bonchev–Trinajstić information content (AvgIpc) is 2.91. The maximum Gasteiger partial charge on any atom is 0.344 e. The SMILES string of the molecule is COC(=O)c1cc(NCCc2ncc(C)s2)ccc1[N+](=O)[O-]. The van der Waals surface area contributed by atoms with Gasteiger partial charge in [-0.1, -0.05) is 0 Å². The van der Waals surface area contributed by atoms with Crippen molar-refractivity contribution >= 4 is 28.7 Å². The van der Waals surface area contributed by atoms with E-state index in [-0.39, 0.29) is 11.3 Å². The minimum absolute atomic E-state index is 0.0670. The van der Waals surface area contributed by atoms with Gasteiger partial charge in [-0.3, -0.25) is 10.1 Å². The maximum atomic E-state index is 11.6. The van der Waals surface area contributed by atoms with E-state index in [9.17, 15) is 14.9 Å². The first-order chi connectivity index (χ1) is 10.5. The Morgan fingerprint density at radius 3 is 2.86 bits per heavy atom. The van der Waals surface area contributed by atoms with Crippen LogP contribution in [-0.2, 0) is 11.2 Å². The number of nitrogens with one attached hydrogen (secondary N) is 1. The fraction of sp³-hybridized carbons (Fsp3) is 0.286. The second kappa shape index (κ2) is 6.99. The fourth-order valence-electron chi connectivity index (χ4n) is 1.91. The predicted molar refractivity (Wildman–Crippen MR) is 83.5 cm³/mol. The van der Waals surface area contributed by atoms with Gasteiger partial charge in [-0.25, -0.2) is 9.78 Å². The smallest absolute Gasteiger partial charge is 0.344 e. The number of carbonyl (C=O) groups excluding carboxylic acids is 1. The Morgan fingerprint density at radius 2 is 2.27 bits per heavy atom. The summed E-state index contributed by atoms with van der Waals surface area (Å²) in [6.07, 6.45) is 2.56. The summed E-state index contributed by atoms with van der Waals surface area (Å²) in [5.74, 6) is -0.731. The standard InChI is InChI=1S/C14H15N3O4S/c1-9-8-16-13(22-9)5-6-15-10-3-4-12(17(19)20)11(7-10)14(18)21-2/h3-4,7-8,15H,5-6H2,1-2H3. The van der Waals surface area contributed by atoms with Crippen molar-refractivity contribution in [3.63, 3.8) is 0 Å². The third kappa shape index (κ3) is 3.79. The number of aryl methyl sites for hydroxylation is 1. The molecule has 0 aliphatic heterocycles. The van der Waals surface area contributed by atoms with Gasteiger partial charge in [-0.05, 0) is 19.1 Å². The van der Waals surface area contributed by atoms with Crippen molar-refractivity contribution in [2.75, 3.05) is 19.0 Å². The van der Waals surface area contributed by atoms with Crippen LogP contribution < -0.4 is 5.32 Å². The van der Waals surface area contributed by atoms with E-state index < -0.39 is 10.9 Å². The van der Waals surface area contributed by atoms with Crippen molar-refractivity contribution in [2.45, 2.75) is 13.3 Å². The van der Waals surface area contributed by atoms with E-state index in [4.69, 9.17) is 0 Å². The van der Waals surface area contributed by atoms with Crippen LogP contribution in [0.3, 0.4) is 0 Å². The molecule has 0 atom stereocenters. The molecule has 2 rings (SSSR count). The molecule has 1 aromatic carbocycles. The second-order valence-corrected chi connectivity index (χ2v) is 5.84. The topological polar surface area (TPSA) is 94.4 Å². The molecule has 0 amide bonds. The molecule has 1 heterocycles. The van der Waals surface area contributed by atoms with Gasteiger partial charge in [-0.2, -0.15) is 0 Å². The van der Waals surface area contributed by atoms with Gasteiger partial charge in [-0.15, -0.1) is 11.3 Å². The molecule has 0 saturated heterocycles. The zero-order chi connectivity index (χ0) is 16.1. The van der Waals surface area contributed by atoms with Gasteiger partial charge in [0.15, 0.2) is 0 Å². The minimum Gasteiger partial charge on any atom is -0.465 e. The lowest BCUT2D eigenvalue weighted by Gasteiger charge is -2.07. The number of anilines is 1. The highest BCUT2D eigenvalue weighted by molar-refractivity contribution is 7.11. The number of hydrogen-bond acceptors (Lipinski definition) is 7. The van der Waals surface area contributed by atoms with Gasteiger partial charge in [0.1, 0.15) is 5.56 Å². The molecular formula is C14H15N3O4S. The molecule has 0 fully saturated rings. The number of nitro groups is 1. The lowest BCUT2D eigenvalue weighted by molar-refractivity contribution is -0.385.